The number of anilines is 1. The third kappa shape index (κ3) is 3.82. The highest BCUT2D eigenvalue weighted by molar-refractivity contribution is 5.60. The molecule has 1 aromatic carbocycles. The first-order chi connectivity index (χ1) is 8.22. The Morgan fingerprint density at radius 1 is 1.24 bits per heavy atom. The topological polar surface area (TPSA) is 47.7 Å². The van der Waals surface area contributed by atoms with Crippen LogP contribution in [0.25, 0.3) is 0 Å². The van der Waals surface area contributed by atoms with Crippen LogP contribution in [0.4, 0.5) is 5.69 Å². The number of nitrogens with zero attached hydrogens (tertiary/aromatic N) is 1. The summed E-state index contributed by atoms with van der Waals surface area (Å²) < 4.78 is 10.9. The normalized spacial score (nSPS) is 10.6. The second-order valence-electron chi connectivity index (χ2n) is 3.75. The molecular weight excluding hydrogens is 216 g/mol. The molecule has 4 nitrogen and oxygen atoms in total. The highest BCUT2D eigenvalue weighted by atomic mass is 16.5. The largest absolute Gasteiger partial charge is 0.491 e. The van der Waals surface area contributed by atoms with Crippen molar-refractivity contribution in [3.05, 3.63) is 18.2 Å². The lowest BCUT2D eigenvalue weighted by atomic mass is 10.3. The number of ether oxygens (including phenoxy) is 2. The van der Waals surface area contributed by atoms with Crippen LogP contribution in [0.3, 0.4) is 0 Å². The van der Waals surface area contributed by atoms with E-state index in [0.717, 1.165) is 19.6 Å². The van der Waals surface area contributed by atoms with E-state index in [-0.39, 0.29) is 0 Å². The number of hydrogen-bond donors (Lipinski definition) is 1. The highest BCUT2D eigenvalue weighted by Gasteiger charge is 2.07. The number of methoxy groups -OCH3 is 1. The van der Waals surface area contributed by atoms with E-state index in [1.807, 2.05) is 12.1 Å². The zero-order valence-electron chi connectivity index (χ0n) is 10.9. The van der Waals surface area contributed by atoms with Crippen LogP contribution >= 0.6 is 0 Å². The molecule has 0 aliphatic carbocycles. The minimum absolute atomic E-state index is 0.604. The predicted molar refractivity (Wildman–Crippen MR) is 70.7 cm³/mol. The number of para-hydroxylation sites is 1. The van der Waals surface area contributed by atoms with Gasteiger partial charge in [0.05, 0.1) is 12.8 Å². The van der Waals surface area contributed by atoms with Gasteiger partial charge in [-0.15, -0.1) is 0 Å². The van der Waals surface area contributed by atoms with Crippen LogP contribution in [0.5, 0.6) is 11.5 Å². The molecule has 0 heterocycles. The Balaban J connectivity index is 2.54. The van der Waals surface area contributed by atoms with Gasteiger partial charge in [-0.2, -0.15) is 0 Å². The molecule has 0 aliphatic rings. The highest BCUT2D eigenvalue weighted by Crippen LogP contribution is 2.32. The lowest BCUT2D eigenvalue weighted by Crippen LogP contribution is -2.27. The molecule has 1 rings (SSSR count). The Morgan fingerprint density at radius 3 is 2.53 bits per heavy atom. The molecule has 2 N–H and O–H groups in total. The molecular formula is C13H22N2O2. The Bertz CT molecular complexity index is 338. The van der Waals surface area contributed by atoms with Crippen molar-refractivity contribution in [3.8, 4) is 11.5 Å². The van der Waals surface area contributed by atoms with E-state index in [1.165, 1.54) is 0 Å². The van der Waals surface area contributed by atoms with Gasteiger partial charge in [0.15, 0.2) is 11.5 Å². The summed E-state index contributed by atoms with van der Waals surface area (Å²) in [5, 5.41) is 0. The summed E-state index contributed by atoms with van der Waals surface area (Å²) in [6.45, 7) is 7.91. The second kappa shape index (κ2) is 7.01. The van der Waals surface area contributed by atoms with Crippen molar-refractivity contribution in [1.82, 2.24) is 4.90 Å². The van der Waals surface area contributed by atoms with E-state index < -0.39 is 0 Å². The molecule has 0 fully saturated rings. The third-order valence-electron chi connectivity index (χ3n) is 2.77. The fraction of sp³-hybridized carbons (Fsp3) is 0.538. The summed E-state index contributed by atoms with van der Waals surface area (Å²) in [6.07, 6.45) is 0. The minimum Gasteiger partial charge on any atom is -0.491 e. The number of benzene rings is 1. The molecule has 0 atom stereocenters. The van der Waals surface area contributed by atoms with Crippen molar-refractivity contribution < 1.29 is 9.47 Å². The Labute approximate surface area is 103 Å². The second-order valence-corrected chi connectivity index (χ2v) is 3.75. The van der Waals surface area contributed by atoms with E-state index in [9.17, 15) is 0 Å². The quantitative estimate of drug-likeness (QED) is 0.738. The molecule has 0 saturated carbocycles. The van der Waals surface area contributed by atoms with Gasteiger partial charge >= 0.3 is 0 Å². The molecule has 0 aliphatic heterocycles. The number of nitrogens with two attached hydrogens (primary N) is 1. The monoisotopic (exact) mass is 238 g/mol. The molecule has 0 saturated heterocycles. The van der Waals surface area contributed by atoms with Gasteiger partial charge in [-0.3, -0.25) is 0 Å². The zero-order chi connectivity index (χ0) is 12.7. The fourth-order valence-electron chi connectivity index (χ4n) is 1.69. The van der Waals surface area contributed by atoms with Gasteiger partial charge < -0.3 is 20.1 Å². The molecule has 4 heteroatoms. The van der Waals surface area contributed by atoms with Crippen molar-refractivity contribution in [2.24, 2.45) is 0 Å². The maximum absolute atomic E-state index is 5.80. The van der Waals surface area contributed by atoms with Crippen molar-refractivity contribution in [2.45, 2.75) is 13.8 Å². The van der Waals surface area contributed by atoms with Gasteiger partial charge in [0.2, 0.25) is 0 Å². The van der Waals surface area contributed by atoms with Gasteiger partial charge in [-0.25, -0.2) is 0 Å². The molecule has 0 amide bonds. The van der Waals surface area contributed by atoms with E-state index in [0.29, 0.717) is 23.8 Å². The standard InChI is InChI=1S/C13H22N2O2/c1-4-15(5-2)9-10-17-12-8-6-7-11(14)13(12)16-3/h6-8H,4-5,9-10,14H2,1-3H3. The molecule has 96 valence electrons. The molecule has 1 aromatic rings. The van der Waals surface area contributed by atoms with Crippen LogP contribution in [0.1, 0.15) is 13.8 Å². The molecule has 0 bridgehead atoms. The summed E-state index contributed by atoms with van der Waals surface area (Å²) >= 11 is 0. The zero-order valence-corrected chi connectivity index (χ0v) is 10.9. The lowest BCUT2D eigenvalue weighted by molar-refractivity contribution is 0.217. The van der Waals surface area contributed by atoms with Gasteiger partial charge in [0.1, 0.15) is 6.61 Å². The maximum Gasteiger partial charge on any atom is 0.183 e. The SMILES string of the molecule is CCN(CC)CCOc1cccc(N)c1OC. The van der Waals surface area contributed by atoms with Crippen LogP contribution < -0.4 is 15.2 Å². The fourth-order valence-corrected chi connectivity index (χ4v) is 1.69. The minimum atomic E-state index is 0.604. The van der Waals surface area contributed by atoms with Gasteiger partial charge in [-0.1, -0.05) is 19.9 Å². The van der Waals surface area contributed by atoms with E-state index in [1.54, 1.807) is 13.2 Å². The van der Waals surface area contributed by atoms with E-state index >= 15 is 0 Å². The molecule has 0 radical (unpaired) electrons. The van der Waals surface area contributed by atoms with Crippen molar-refractivity contribution >= 4 is 5.69 Å². The van der Waals surface area contributed by atoms with Gasteiger partial charge in [0, 0.05) is 6.54 Å². The summed E-state index contributed by atoms with van der Waals surface area (Å²) in [5.74, 6) is 1.33. The average Bonchev–Trinajstić information content (AvgIpc) is 2.35. The average molecular weight is 238 g/mol. The molecule has 0 unspecified atom stereocenters. The molecule has 17 heavy (non-hydrogen) atoms. The maximum atomic E-state index is 5.80. The van der Waals surface area contributed by atoms with Crippen LogP contribution in [-0.2, 0) is 0 Å². The van der Waals surface area contributed by atoms with E-state index in [4.69, 9.17) is 15.2 Å². The molecule has 0 aromatic heterocycles. The Hall–Kier alpha value is -1.42. The van der Waals surface area contributed by atoms with Crippen molar-refractivity contribution in [1.29, 1.82) is 0 Å². The van der Waals surface area contributed by atoms with Crippen molar-refractivity contribution in [3.63, 3.8) is 0 Å². The number of likely N-dealkylation sites (N-methyl/N-ethyl adjacent to an activating group) is 1. The van der Waals surface area contributed by atoms with E-state index in [2.05, 4.69) is 18.7 Å². The van der Waals surface area contributed by atoms with Crippen LogP contribution in [0, 0.1) is 0 Å². The smallest absolute Gasteiger partial charge is 0.183 e. The van der Waals surface area contributed by atoms with Gasteiger partial charge in [0.25, 0.3) is 0 Å². The summed E-state index contributed by atoms with van der Waals surface area (Å²) in [6, 6.07) is 5.54. The van der Waals surface area contributed by atoms with Crippen LogP contribution in [-0.4, -0.2) is 38.3 Å². The number of nitrogen functional groups attached to an aromatic ring is 1. The Kier molecular flexibility index (Phi) is 5.63. The lowest BCUT2D eigenvalue weighted by Gasteiger charge is -2.19. The predicted octanol–water partition coefficient (Wildman–Crippen LogP) is 2.00. The Morgan fingerprint density at radius 2 is 1.94 bits per heavy atom. The first-order valence-electron chi connectivity index (χ1n) is 6.00. The first kappa shape index (κ1) is 13.6. The van der Waals surface area contributed by atoms with Crippen LogP contribution in [0.15, 0.2) is 18.2 Å². The molecule has 0 spiro atoms. The number of hydrogen-bond acceptors (Lipinski definition) is 4. The number of rotatable bonds is 7. The summed E-state index contributed by atoms with van der Waals surface area (Å²) in [5.41, 5.74) is 6.40. The van der Waals surface area contributed by atoms with Crippen LogP contribution in [0.2, 0.25) is 0 Å². The van der Waals surface area contributed by atoms with Gasteiger partial charge in [-0.05, 0) is 25.2 Å². The third-order valence-corrected chi connectivity index (χ3v) is 2.77. The van der Waals surface area contributed by atoms with Crippen molar-refractivity contribution in [2.75, 3.05) is 39.1 Å². The summed E-state index contributed by atoms with van der Waals surface area (Å²) in [4.78, 5) is 2.30. The summed E-state index contributed by atoms with van der Waals surface area (Å²) in [7, 11) is 1.60. The first-order valence-corrected chi connectivity index (χ1v) is 6.00.